The third-order valence-electron chi connectivity index (χ3n) is 2.32. The summed E-state index contributed by atoms with van der Waals surface area (Å²) < 4.78 is 4.93. The molecule has 80 valence electrons. The van der Waals surface area contributed by atoms with Crippen LogP contribution in [0.1, 0.15) is 0 Å². The zero-order valence-electron chi connectivity index (χ0n) is 8.02. The van der Waals surface area contributed by atoms with Crippen molar-refractivity contribution in [1.29, 1.82) is 0 Å². The van der Waals surface area contributed by atoms with E-state index in [0.717, 1.165) is 5.69 Å². The molecule has 1 aromatic rings. The predicted octanol–water partition coefficient (Wildman–Crippen LogP) is 1.62. The van der Waals surface area contributed by atoms with Crippen molar-refractivity contribution in [3.63, 3.8) is 0 Å². The maximum atomic E-state index is 11.5. The second-order valence-corrected chi connectivity index (χ2v) is 3.75. The van der Waals surface area contributed by atoms with Crippen LogP contribution in [0.15, 0.2) is 24.3 Å². The largest absolute Gasteiger partial charge is 0.447 e. The fraction of sp³-hybridized carbons (Fsp3) is 0.300. The summed E-state index contributed by atoms with van der Waals surface area (Å²) in [4.78, 5) is 13.0. The minimum absolute atomic E-state index is 0.101. The van der Waals surface area contributed by atoms with E-state index in [-0.39, 0.29) is 12.1 Å². The molecule has 1 aromatic carbocycles. The Bertz CT molecular complexity index is 383. The molecule has 0 radical (unpaired) electrons. The number of carbonyl (C=O) groups excluding carboxylic acids is 1. The Morgan fingerprint density at radius 2 is 2.40 bits per heavy atom. The van der Waals surface area contributed by atoms with Crippen LogP contribution in [0.25, 0.3) is 0 Å². The first-order valence-electron chi connectivity index (χ1n) is 4.64. The minimum atomic E-state index is -0.368. The van der Waals surface area contributed by atoms with Crippen molar-refractivity contribution in [3.05, 3.63) is 29.3 Å². The molecule has 2 N–H and O–H groups in total. The van der Waals surface area contributed by atoms with E-state index in [1.807, 2.05) is 0 Å². The van der Waals surface area contributed by atoms with Gasteiger partial charge in [-0.2, -0.15) is 0 Å². The molecule has 0 aromatic heterocycles. The first kappa shape index (κ1) is 10.3. The van der Waals surface area contributed by atoms with Crippen LogP contribution < -0.4 is 10.6 Å². The molecule has 2 rings (SSSR count). The van der Waals surface area contributed by atoms with Gasteiger partial charge in [0.2, 0.25) is 0 Å². The van der Waals surface area contributed by atoms with E-state index in [1.165, 1.54) is 4.90 Å². The molecule has 1 saturated heterocycles. The molecule has 1 fully saturated rings. The topological polar surface area (TPSA) is 55.6 Å². The summed E-state index contributed by atoms with van der Waals surface area (Å²) in [5, 5.41) is 0.586. The van der Waals surface area contributed by atoms with Crippen LogP contribution in [0, 0.1) is 0 Å². The normalized spacial score (nSPS) is 20.5. The number of amides is 1. The van der Waals surface area contributed by atoms with Crippen molar-refractivity contribution >= 4 is 23.4 Å². The number of hydrogen-bond donors (Lipinski definition) is 1. The van der Waals surface area contributed by atoms with Crippen LogP contribution in [-0.4, -0.2) is 25.3 Å². The highest BCUT2D eigenvalue weighted by Gasteiger charge is 2.33. The molecular weight excluding hydrogens is 216 g/mol. The van der Waals surface area contributed by atoms with E-state index in [2.05, 4.69) is 0 Å². The van der Waals surface area contributed by atoms with Gasteiger partial charge < -0.3 is 10.5 Å². The maximum Gasteiger partial charge on any atom is 0.414 e. The molecule has 0 aliphatic carbocycles. The van der Waals surface area contributed by atoms with Gasteiger partial charge in [0.1, 0.15) is 6.61 Å². The smallest absolute Gasteiger partial charge is 0.414 e. The number of hydrogen-bond acceptors (Lipinski definition) is 3. The van der Waals surface area contributed by atoms with E-state index in [4.69, 9.17) is 22.1 Å². The molecule has 0 saturated carbocycles. The molecule has 1 amide bonds. The van der Waals surface area contributed by atoms with E-state index >= 15 is 0 Å². The fourth-order valence-electron chi connectivity index (χ4n) is 1.58. The zero-order valence-corrected chi connectivity index (χ0v) is 8.78. The number of nitrogens with zero attached hydrogens (tertiary/aromatic N) is 1. The molecule has 15 heavy (non-hydrogen) atoms. The molecule has 0 bridgehead atoms. The minimum Gasteiger partial charge on any atom is -0.447 e. The molecule has 5 heteroatoms. The van der Waals surface area contributed by atoms with Crippen LogP contribution in [0.3, 0.4) is 0 Å². The lowest BCUT2D eigenvalue weighted by Crippen LogP contribution is -2.38. The van der Waals surface area contributed by atoms with Gasteiger partial charge in [-0.3, -0.25) is 4.90 Å². The van der Waals surface area contributed by atoms with Gasteiger partial charge in [0.25, 0.3) is 0 Å². The summed E-state index contributed by atoms with van der Waals surface area (Å²) >= 11 is 5.85. The summed E-state index contributed by atoms with van der Waals surface area (Å²) in [7, 11) is 0. The average molecular weight is 227 g/mol. The first-order chi connectivity index (χ1) is 7.22. The number of cyclic esters (lactones) is 1. The Balaban J connectivity index is 2.32. The number of benzene rings is 1. The van der Waals surface area contributed by atoms with Crippen molar-refractivity contribution in [3.8, 4) is 0 Å². The maximum absolute atomic E-state index is 11.5. The van der Waals surface area contributed by atoms with Gasteiger partial charge in [-0.05, 0) is 18.2 Å². The van der Waals surface area contributed by atoms with Crippen LogP contribution in [0.5, 0.6) is 0 Å². The standard InChI is InChI=1S/C10H11ClN2O2/c11-7-2-1-3-8(4-7)13-9(5-12)6-15-10(13)14/h1-4,9H,5-6,12H2. The lowest BCUT2D eigenvalue weighted by atomic mass is 10.2. The van der Waals surface area contributed by atoms with Gasteiger partial charge >= 0.3 is 6.09 Å². The second kappa shape index (κ2) is 4.08. The van der Waals surface area contributed by atoms with Gasteiger partial charge in [0, 0.05) is 17.3 Å². The van der Waals surface area contributed by atoms with Crippen LogP contribution in [0.4, 0.5) is 10.5 Å². The molecule has 0 spiro atoms. The predicted molar refractivity (Wildman–Crippen MR) is 58.1 cm³/mol. The van der Waals surface area contributed by atoms with Crippen molar-refractivity contribution in [2.45, 2.75) is 6.04 Å². The van der Waals surface area contributed by atoms with Crippen LogP contribution in [0.2, 0.25) is 5.02 Å². The molecule has 1 heterocycles. The number of carbonyl (C=O) groups is 1. The summed E-state index contributed by atoms with van der Waals surface area (Å²) in [6.45, 7) is 0.708. The lowest BCUT2D eigenvalue weighted by molar-refractivity contribution is 0.179. The zero-order chi connectivity index (χ0) is 10.8. The lowest BCUT2D eigenvalue weighted by Gasteiger charge is -2.19. The third-order valence-corrected chi connectivity index (χ3v) is 2.55. The van der Waals surface area contributed by atoms with Gasteiger partial charge in [-0.25, -0.2) is 4.79 Å². The average Bonchev–Trinajstić information content (AvgIpc) is 2.59. The monoisotopic (exact) mass is 226 g/mol. The highest BCUT2D eigenvalue weighted by atomic mass is 35.5. The van der Waals surface area contributed by atoms with Gasteiger partial charge in [-0.1, -0.05) is 17.7 Å². The highest BCUT2D eigenvalue weighted by molar-refractivity contribution is 6.30. The summed E-state index contributed by atoms with van der Waals surface area (Å²) in [6, 6.07) is 6.97. The van der Waals surface area contributed by atoms with Gasteiger partial charge in [-0.15, -0.1) is 0 Å². The Labute approximate surface area is 92.6 Å². The SMILES string of the molecule is NCC1COC(=O)N1c1cccc(Cl)c1. The molecule has 4 nitrogen and oxygen atoms in total. The number of nitrogens with two attached hydrogens (primary N) is 1. The molecule has 1 unspecified atom stereocenters. The third kappa shape index (κ3) is 1.91. The van der Waals surface area contributed by atoms with E-state index < -0.39 is 0 Å². The number of anilines is 1. The van der Waals surface area contributed by atoms with Gasteiger partial charge in [0.05, 0.1) is 6.04 Å². The van der Waals surface area contributed by atoms with Crippen molar-refractivity contribution in [1.82, 2.24) is 0 Å². The first-order valence-corrected chi connectivity index (χ1v) is 5.02. The Kier molecular flexibility index (Phi) is 2.79. The number of halogens is 1. The fourth-order valence-corrected chi connectivity index (χ4v) is 1.76. The van der Waals surface area contributed by atoms with E-state index in [0.29, 0.717) is 18.2 Å². The molecule has 1 aliphatic rings. The van der Waals surface area contributed by atoms with E-state index in [1.54, 1.807) is 24.3 Å². The quantitative estimate of drug-likeness (QED) is 0.834. The second-order valence-electron chi connectivity index (χ2n) is 3.32. The molecule has 1 atom stereocenters. The van der Waals surface area contributed by atoms with Crippen molar-refractivity contribution in [2.75, 3.05) is 18.1 Å². The van der Waals surface area contributed by atoms with Crippen molar-refractivity contribution in [2.24, 2.45) is 5.73 Å². The Hall–Kier alpha value is -1.26. The summed E-state index contributed by atoms with van der Waals surface area (Å²) in [5.41, 5.74) is 6.28. The van der Waals surface area contributed by atoms with Gasteiger partial charge in [0.15, 0.2) is 0 Å². The molecular formula is C10H11ClN2O2. The highest BCUT2D eigenvalue weighted by Crippen LogP contribution is 2.25. The number of rotatable bonds is 2. The van der Waals surface area contributed by atoms with Crippen LogP contribution >= 0.6 is 11.6 Å². The molecule has 1 aliphatic heterocycles. The summed E-state index contributed by atoms with van der Waals surface area (Å²) in [6.07, 6.45) is -0.368. The van der Waals surface area contributed by atoms with Crippen molar-refractivity contribution < 1.29 is 9.53 Å². The Morgan fingerprint density at radius 3 is 3.07 bits per heavy atom. The Morgan fingerprint density at radius 1 is 1.60 bits per heavy atom. The number of ether oxygens (including phenoxy) is 1. The van der Waals surface area contributed by atoms with E-state index in [9.17, 15) is 4.79 Å². The summed E-state index contributed by atoms with van der Waals surface area (Å²) in [5.74, 6) is 0. The van der Waals surface area contributed by atoms with Crippen LogP contribution in [-0.2, 0) is 4.74 Å².